The van der Waals surface area contributed by atoms with Crippen LogP contribution in [0.1, 0.15) is 40.0 Å². The zero-order valence-electron chi connectivity index (χ0n) is 17.6. The van der Waals surface area contributed by atoms with Gasteiger partial charge in [0.2, 0.25) is 17.7 Å². The van der Waals surface area contributed by atoms with Crippen molar-refractivity contribution in [2.45, 2.75) is 70.3 Å². The molecule has 0 saturated heterocycles. The predicted molar refractivity (Wildman–Crippen MR) is 108 cm³/mol. The number of carboxylic acids is 1. The van der Waals surface area contributed by atoms with E-state index in [1.807, 2.05) is 0 Å². The van der Waals surface area contributed by atoms with Gasteiger partial charge >= 0.3 is 5.97 Å². The SMILES string of the molecule is CC(C)C(NC(=O)C(NC(=O)C(N)CO)C(C)O)C(=O)NC(CCCCN)C(=O)O. The molecule has 0 bridgehead atoms. The van der Waals surface area contributed by atoms with Crippen LogP contribution in [0.2, 0.25) is 0 Å². The second-order valence-corrected chi connectivity index (χ2v) is 7.43. The minimum atomic E-state index is -1.43. The monoisotopic (exact) mass is 433 g/mol. The van der Waals surface area contributed by atoms with Crippen molar-refractivity contribution in [3.63, 3.8) is 0 Å². The molecule has 12 nitrogen and oxygen atoms in total. The van der Waals surface area contributed by atoms with Gasteiger partial charge in [-0.25, -0.2) is 4.79 Å². The highest BCUT2D eigenvalue weighted by molar-refractivity contribution is 5.94. The quantitative estimate of drug-likeness (QED) is 0.131. The van der Waals surface area contributed by atoms with Crippen LogP contribution in [0.25, 0.3) is 0 Å². The summed E-state index contributed by atoms with van der Waals surface area (Å²) in [7, 11) is 0. The van der Waals surface area contributed by atoms with E-state index in [1.165, 1.54) is 6.92 Å². The van der Waals surface area contributed by atoms with Gasteiger partial charge in [-0.15, -0.1) is 0 Å². The lowest BCUT2D eigenvalue weighted by atomic mass is 10.0. The lowest BCUT2D eigenvalue weighted by Crippen LogP contribution is -2.61. The van der Waals surface area contributed by atoms with Gasteiger partial charge in [-0.1, -0.05) is 13.8 Å². The largest absolute Gasteiger partial charge is 0.480 e. The lowest BCUT2D eigenvalue weighted by molar-refractivity contribution is -0.143. The Balaban J connectivity index is 5.25. The summed E-state index contributed by atoms with van der Waals surface area (Å²) in [6, 6.07) is -4.97. The Morgan fingerprint density at radius 2 is 1.43 bits per heavy atom. The summed E-state index contributed by atoms with van der Waals surface area (Å²) in [6.07, 6.45) is -0.0231. The third-order valence-corrected chi connectivity index (χ3v) is 4.40. The van der Waals surface area contributed by atoms with Gasteiger partial charge in [0, 0.05) is 0 Å². The number of hydrogen-bond donors (Lipinski definition) is 8. The van der Waals surface area contributed by atoms with E-state index in [9.17, 15) is 29.4 Å². The topological polar surface area (TPSA) is 217 Å². The van der Waals surface area contributed by atoms with Crippen LogP contribution in [0.15, 0.2) is 0 Å². The zero-order valence-corrected chi connectivity index (χ0v) is 17.6. The smallest absolute Gasteiger partial charge is 0.326 e. The van der Waals surface area contributed by atoms with Crippen molar-refractivity contribution in [1.29, 1.82) is 0 Å². The Morgan fingerprint density at radius 3 is 1.87 bits per heavy atom. The standard InChI is InChI=1S/C18H35N5O7/c1-9(2)13(16(27)21-12(18(29)30)6-4-5-7-19)22-17(28)14(10(3)25)23-15(26)11(20)8-24/h9-14,24-25H,4-8,19-20H2,1-3H3,(H,21,27)(H,22,28)(H,23,26)(H,29,30). The van der Waals surface area contributed by atoms with Crippen molar-refractivity contribution in [3.05, 3.63) is 0 Å². The maximum absolute atomic E-state index is 12.6. The molecule has 174 valence electrons. The van der Waals surface area contributed by atoms with Crippen molar-refractivity contribution < 1.29 is 34.5 Å². The lowest BCUT2D eigenvalue weighted by Gasteiger charge is -2.28. The molecule has 3 amide bonds. The van der Waals surface area contributed by atoms with Crippen LogP contribution >= 0.6 is 0 Å². The normalized spacial score (nSPS) is 16.1. The Morgan fingerprint density at radius 1 is 0.900 bits per heavy atom. The zero-order chi connectivity index (χ0) is 23.4. The fourth-order valence-electron chi connectivity index (χ4n) is 2.54. The highest BCUT2D eigenvalue weighted by atomic mass is 16.4. The van der Waals surface area contributed by atoms with E-state index in [4.69, 9.17) is 16.6 Å². The molecule has 0 aliphatic heterocycles. The number of hydrogen-bond acceptors (Lipinski definition) is 8. The first kappa shape index (κ1) is 27.7. The Hall–Kier alpha value is -2.28. The number of unbranched alkanes of at least 4 members (excludes halogenated alkanes) is 1. The van der Waals surface area contributed by atoms with Crippen LogP contribution in [0, 0.1) is 5.92 Å². The Labute approximate surface area is 175 Å². The predicted octanol–water partition coefficient (Wildman–Crippen LogP) is -2.99. The molecule has 0 heterocycles. The van der Waals surface area contributed by atoms with Gasteiger partial charge in [-0.2, -0.15) is 0 Å². The van der Waals surface area contributed by atoms with Gasteiger partial charge in [-0.3, -0.25) is 14.4 Å². The number of aliphatic hydroxyl groups excluding tert-OH is 2. The summed E-state index contributed by atoms with van der Waals surface area (Å²) in [5, 5.41) is 35.1. The fourth-order valence-corrected chi connectivity index (χ4v) is 2.54. The van der Waals surface area contributed by atoms with Crippen LogP contribution in [0.4, 0.5) is 0 Å². The van der Waals surface area contributed by atoms with Gasteiger partial charge in [0.05, 0.1) is 12.7 Å². The molecule has 0 saturated carbocycles. The number of amides is 3. The third-order valence-electron chi connectivity index (χ3n) is 4.40. The first-order valence-electron chi connectivity index (χ1n) is 9.84. The molecule has 10 N–H and O–H groups in total. The van der Waals surface area contributed by atoms with Crippen molar-refractivity contribution >= 4 is 23.7 Å². The molecule has 0 spiro atoms. The number of carbonyl (C=O) groups excluding carboxylic acids is 3. The molecule has 0 aromatic carbocycles. The van der Waals surface area contributed by atoms with Gasteiger partial charge < -0.3 is 42.7 Å². The number of rotatable bonds is 14. The van der Waals surface area contributed by atoms with Crippen LogP contribution < -0.4 is 27.4 Å². The molecule has 0 rings (SSSR count). The van der Waals surface area contributed by atoms with E-state index in [1.54, 1.807) is 13.8 Å². The Bertz CT molecular complexity index is 585. The molecule has 12 heteroatoms. The van der Waals surface area contributed by atoms with Gasteiger partial charge in [0.15, 0.2) is 0 Å². The van der Waals surface area contributed by atoms with Gasteiger partial charge in [-0.05, 0) is 38.6 Å². The maximum atomic E-state index is 12.6. The summed E-state index contributed by atoms with van der Waals surface area (Å²) in [4.78, 5) is 48.5. The van der Waals surface area contributed by atoms with E-state index in [0.29, 0.717) is 19.4 Å². The molecule has 0 radical (unpaired) electrons. The number of carboxylic acid groups (broad SMARTS) is 1. The molecular weight excluding hydrogens is 398 g/mol. The summed E-state index contributed by atoms with van der Waals surface area (Å²) < 4.78 is 0. The summed E-state index contributed by atoms with van der Waals surface area (Å²) in [5.41, 5.74) is 10.8. The number of aliphatic carboxylic acids is 1. The molecule has 0 fully saturated rings. The second-order valence-electron chi connectivity index (χ2n) is 7.43. The molecule has 0 aromatic rings. The highest BCUT2D eigenvalue weighted by Crippen LogP contribution is 2.07. The van der Waals surface area contributed by atoms with E-state index in [0.717, 1.165) is 0 Å². The summed E-state index contributed by atoms with van der Waals surface area (Å²) in [5.74, 6) is -4.04. The minimum absolute atomic E-state index is 0.183. The fraction of sp³-hybridized carbons (Fsp3) is 0.778. The molecule has 0 aliphatic rings. The number of nitrogens with one attached hydrogen (secondary N) is 3. The first-order valence-corrected chi connectivity index (χ1v) is 9.84. The molecule has 30 heavy (non-hydrogen) atoms. The van der Waals surface area contributed by atoms with E-state index in [2.05, 4.69) is 16.0 Å². The average Bonchev–Trinajstić information content (AvgIpc) is 2.67. The molecule has 5 unspecified atom stereocenters. The van der Waals surface area contributed by atoms with Crippen molar-refractivity contribution in [1.82, 2.24) is 16.0 Å². The van der Waals surface area contributed by atoms with Crippen LogP contribution in [0.5, 0.6) is 0 Å². The molecular formula is C18H35N5O7. The van der Waals surface area contributed by atoms with E-state index in [-0.39, 0.29) is 6.42 Å². The third kappa shape index (κ3) is 9.48. The van der Waals surface area contributed by atoms with Gasteiger partial charge in [0.25, 0.3) is 0 Å². The minimum Gasteiger partial charge on any atom is -0.480 e. The van der Waals surface area contributed by atoms with Crippen molar-refractivity contribution in [2.75, 3.05) is 13.2 Å². The molecule has 5 atom stereocenters. The maximum Gasteiger partial charge on any atom is 0.326 e. The van der Waals surface area contributed by atoms with Crippen molar-refractivity contribution in [2.24, 2.45) is 17.4 Å². The second kappa shape index (κ2) is 13.9. The highest BCUT2D eigenvalue weighted by Gasteiger charge is 2.33. The summed E-state index contributed by atoms with van der Waals surface area (Å²) in [6.45, 7) is 4.30. The van der Waals surface area contributed by atoms with Crippen molar-refractivity contribution in [3.8, 4) is 0 Å². The van der Waals surface area contributed by atoms with Crippen LogP contribution in [0.3, 0.4) is 0 Å². The van der Waals surface area contributed by atoms with Crippen LogP contribution in [-0.2, 0) is 19.2 Å². The van der Waals surface area contributed by atoms with Crippen LogP contribution in [-0.4, -0.2) is 82.4 Å². The molecule has 0 aromatic heterocycles. The Kier molecular flexibility index (Phi) is 12.8. The van der Waals surface area contributed by atoms with E-state index < -0.39 is 66.5 Å². The molecule has 0 aliphatic carbocycles. The summed E-state index contributed by atoms with van der Waals surface area (Å²) >= 11 is 0. The number of nitrogens with two attached hydrogens (primary N) is 2. The van der Waals surface area contributed by atoms with E-state index >= 15 is 0 Å². The number of carbonyl (C=O) groups is 4. The van der Waals surface area contributed by atoms with Gasteiger partial charge in [0.1, 0.15) is 24.2 Å². The first-order chi connectivity index (χ1) is 14.0. The average molecular weight is 434 g/mol. The number of aliphatic hydroxyl groups is 2.